The Morgan fingerprint density at radius 3 is 1.78 bits per heavy atom. The van der Waals surface area contributed by atoms with Gasteiger partial charge in [-0.15, -0.1) is 0 Å². The molecule has 0 aromatic heterocycles. The molecule has 6 aromatic carbocycles. The molecule has 0 atom stereocenters. The van der Waals surface area contributed by atoms with Crippen molar-refractivity contribution in [3.8, 4) is 33.4 Å². The third kappa shape index (κ3) is 5.97. The van der Waals surface area contributed by atoms with Gasteiger partial charge in [-0.3, -0.25) is 0 Å². The number of hydrogen-bond donors (Lipinski definition) is 0. The van der Waals surface area contributed by atoms with Crippen LogP contribution in [0.15, 0.2) is 174 Å². The normalized spacial score (nSPS) is 16.4. The standard InChI is InChI=1S/C53H46N2/c1-34(36-14-8-7-9-15-36)54-51(40-26-24-39(25-27-40)42-29-31-46-44-17-11-13-19-48(44)53(5,6)50(46)33-42)55-35(2)37-20-22-38(23-21-37)41-28-30-45-43-16-10-12-18-47(43)52(3,4)49(45)32-41/h7-9,11-15,17-33H,2,10,16H2,1,3-6H3. The molecule has 0 aliphatic heterocycles. The third-order valence-corrected chi connectivity index (χ3v) is 12.2. The minimum absolute atomic E-state index is 0.0121. The highest BCUT2D eigenvalue weighted by Crippen LogP contribution is 2.51. The largest absolute Gasteiger partial charge is 0.233 e. The monoisotopic (exact) mass is 710 g/mol. The van der Waals surface area contributed by atoms with Crippen LogP contribution < -0.4 is 0 Å². The molecule has 6 aromatic rings. The van der Waals surface area contributed by atoms with E-state index >= 15 is 0 Å². The zero-order valence-electron chi connectivity index (χ0n) is 32.4. The van der Waals surface area contributed by atoms with Crippen molar-refractivity contribution in [2.24, 2.45) is 9.98 Å². The smallest absolute Gasteiger partial charge is 0.160 e. The van der Waals surface area contributed by atoms with E-state index in [0.717, 1.165) is 40.8 Å². The zero-order chi connectivity index (χ0) is 37.9. The number of allylic oxidation sites excluding steroid dienone is 4. The van der Waals surface area contributed by atoms with E-state index in [1.807, 2.05) is 25.1 Å². The van der Waals surface area contributed by atoms with Crippen molar-refractivity contribution in [1.82, 2.24) is 0 Å². The molecule has 0 heterocycles. The molecule has 0 radical (unpaired) electrons. The van der Waals surface area contributed by atoms with Crippen LogP contribution in [0.1, 0.15) is 86.4 Å². The molecule has 0 saturated heterocycles. The Bertz CT molecular complexity index is 2620. The van der Waals surface area contributed by atoms with Gasteiger partial charge in [-0.1, -0.05) is 174 Å². The van der Waals surface area contributed by atoms with Crippen LogP contribution in [-0.2, 0) is 10.8 Å². The SMILES string of the molecule is C=C(N=C(N=C(C)c1ccccc1)c1ccc(-c2ccc3c(c2)C(C)(C)c2ccccc2-3)cc1)c1ccc(-c2ccc3c(c2)C(C)(C)C2=C3CCC=C2)cc1. The van der Waals surface area contributed by atoms with E-state index in [1.165, 1.54) is 61.2 Å². The molecule has 0 bridgehead atoms. The van der Waals surface area contributed by atoms with Crippen LogP contribution in [0.3, 0.4) is 0 Å². The second-order valence-corrected chi connectivity index (χ2v) is 16.2. The van der Waals surface area contributed by atoms with Gasteiger partial charge in [-0.05, 0) is 110 Å². The highest BCUT2D eigenvalue weighted by Gasteiger charge is 2.37. The van der Waals surface area contributed by atoms with Crippen molar-refractivity contribution in [1.29, 1.82) is 0 Å². The predicted octanol–water partition coefficient (Wildman–Crippen LogP) is 13.6. The summed E-state index contributed by atoms with van der Waals surface area (Å²) in [4.78, 5) is 10.2. The van der Waals surface area contributed by atoms with Crippen molar-refractivity contribution in [2.75, 3.05) is 0 Å². The van der Waals surface area contributed by atoms with Crippen molar-refractivity contribution < 1.29 is 0 Å². The summed E-state index contributed by atoms with van der Waals surface area (Å²) in [7, 11) is 0. The minimum Gasteiger partial charge on any atom is -0.233 e. The van der Waals surface area contributed by atoms with E-state index in [-0.39, 0.29) is 10.8 Å². The first-order valence-corrected chi connectivity index (χ1v) is 19.5. The first kappa shape index (κ1) is 34.6. The molecule has 3 aliphatic carbocycles. The molecule has 3 aliphatic rings. The number of nitrogens with zero attached hydrogens (tertiary/aromatic N) is 2. The summed E-state index contributed by atoms with van der Waals surface area (Å²) < 4.78 is 0. The summed E-state index contributed by atoms with van der Waals surface area (Å²) in [5.74, 6) is 0.638. The molecule has 2 heteroatoms. The topological polar surface area (TPSA) is 24.7 Å². The van der Waals surface area contributed by atoms with Gasteiger partial charge < -0.3 is 0 Å². The van der Waals surface area contributed by atoms with E-state index in [1.54, 1.807) is 0 Å². The molecule has 55 heavy (non-hydrogen) atoms. The average Bonchev–Trinajstić information content (AvgIpc) is 3.60. The molecule has 0 N–H and O–H groups in total. The number of rotatable bonds is 6. The van der Waals surface area contributed by atoms with Crippen molar-refractivity contribution >= 4 is 22.8 Å². The number of aliphatic imine (C=N–C) groups is 2. The fraction of sp³-hybridized carbons (Fsp3) is 0.170. The second-order valence-electron chi connectivity index (χ2n) is 16.2. The molecule has 0 spiro atoms. The number of hydrogen-bond acceptors (Lipinski definition) is 1. The average molecular weight is 711 g/mol. The molecule has 2 nitrogen and oxygen atoms in total. The molecule has 0 unspecified atom stereocenters. The van der Waals surface area contributed by atoms with E-state index in [9.17, 15) is 0 Å². The molecule has 0 saturated carbocycles. The fourth-order valence-electron chi connectivity index (χ4n) is 8.98. The quantitative estimate of drug-likeness (QED) is 0.121. The highest BCUT2D eigenvalue weighted by atomic mass is 14.9. The summed E-state index contributed by atoms with van der Waals surface area (Å²) in [5, 5.41) is 0. The first-order chi connectivity index (χ1) is 26.6. The van der Waals surface area contributed by atoms with Gasteiger partial charge >= 0.3 is 0 Å². The third-order valence-electron chi connectivity index (χ3n) is 12.2. The summed E-state index contributed by atoms with van der Waals surface area (Å²) in [6, 6.07) is 50.3. The van der Waals surface area contributed by atoms with Crippen molar-refractivity contribution in [3.63, 3.8) is 0 Å². The van der Waals surface area contributed by atoms with Crippen molar-refractivity contribution in [2.45, 2.75) is 58.3 Å². The van der Waals surface area contributed by atoms with Gasteiger partial charge in [0.25, 0.3) is 0 Å². The minimum atomic E-state index is -0.0449. The molecule has 0 amide bonds. The summed E-state index contributed by atoms with van der Waals surface area (Å²) in [6.07, 6.45) is 6.92. The van der Waals surface area contributed by atoms with Crippen LogP contribution in [0, 0.1) is 0 Å². The number of benzene rings is 6. The second kappa shape index (κ2) is 13.3. The highest BCUT2D eigenvalue weighted by molar-refractivity contribution is 6.12. The Balaban J connectivity index is 1.02. The van der Waals surface area contributed by atoms with Gasteiger partial charge in [0.05, 0.1) is 5.70 Å². The molecular formula is C53H46N2. The Kier molecular flexibility index (Phi) is 8.39. The lowest BCUT2D eigenvalue weighted by Crippen LogP contribution is -2.16. The fourth-order valence-corrected chi connectivity index (χ4v) is 8.98. The molecular weight excluding hydrogens is 665 g/mol. The van der Waals surface area contributed by atoms with Gasteiger partial charge in [0.15, 0.2) is 5.84 Å². The van der Waals surface area contributed by atoms with E-state index in [2.05, 4.69) is 168 Å². The molecule has 9 rings (SSSR count). The lowest BCUT2D eigenvalue weighted by atomic mass is 9.79. The zero-order valence-corrected chi connectivity index (χ0v) is 32.4. The van der Waals surface area contributed by atoms with Crippen LogP contribution in [0.2, 0.25) is 0 Å². The Labute approximate surface area is 326 Å². The van der Waals surface area contributed by atoms with Gasteiger partial charge in [0, 0.05) is 22.1 Å². The lowest BCUT2D eigenvalue weighted by Gasteiger charge is -2.24. The van der Waals surface area contributed by atoms with Crippen LogP contribution in [0.4, 0.5) is 0 Å². The predicted molar refractivity (Wildman–Crippen MR) is 234 cm³/mol. The maximum Gasteiger partial charge on any atom is 0.160 e. The van der Waals surface area contributed by atoms with E-state index < -0.39 is 0 Å². The van der Waals surface area contributed by atoms with Gasteiger partial charge in [0.2, 0.25) is 0 Å². The van der Waals surface area contributed by atoms with Crippen molar-refractivity contribution in [3.05, 3.63) is 203 Å². The van der Waals surface area contributed by atoms with Gasteiger partial charge in [-0.25, -0.2) is 9.98 Å². The Morgan fingerprint density at radius 1 is 0.527 bits per heavy atom. The van der Waals surface area contributed by atoms with Crippen LogP contribution in [0.25, 0.3) is 44.7 Å². The van der Waals surface area contributed by atoms with E-state index in [4.69, 9.17) is 9.98 Å². The maximum absolute atomic E-state index is 5.11. The molecule has 268 valence electrons. The molecule has 0 fully saturated rings. The first-order valence-electron chi connectivity index (χ1n) is 19.5. The number of amidine groups is 1. The van der Waals surface area contributed by atoms with Gasteiger partial charge in [0.1, 0.15) is 0 Å². The summed E-state index contributed by atoms with van der Waals surface area (Å²) in [5.41, 5.74) is 20.6. The lowest BCUT2D eigenvalue weighted by molar-refractivity contribution is 0.651. The van der Waals surface area contributed by atoms with Crippen LogP contribution in [0.5, 0.6) is 0 Å². The van der Waals surface area contributed by atoms with Gasteiger partial charge in [-0.2, -0.15) is 0 Å². The summed E-state index contributed by atoms with van der Waals surface area (Å²) >= 11 is 0. The Hall–Kier alpha value is -6.12. The van der Waals surface area contributed by atoms with E-state index in [0.29, 0.717) is 11.5 Å². The van der Waals surface area contributed by atoms with Crippen LogP contribution >= 0.6 is 0 Å². The maximum atomic E-state index is 5.11. The van der Waals surface area contributed by atoms with Crippen LogP contribution in [-0.4, -0.2) is 11.5 Å². The summed E-state index contributed by atoms with van der Waals surface area (Å²) in [6.45, 7) is 15.9. The Morgan fingerprint density at radius 2 is 1.09 bits per heavy atom. The number of fused-ring (bicyclic) bond motifs is 5.